The maximum atomic E-state index is 12.5. The molecule has 7 heteroatoms. The molecule has 0 radical (unpaired) electrons. The third-order valence-electron chi connectivity index (χ3n) is 4.38. The van der Waals surface area contributed by atoms with Crippen molar-refractivity contribution in [2.75, 3.05) is 20.1 Å². The molecular weight excluding hydrogens is 440 g/mol. The molecule has 0 fully saturated rings. The molecule has 0 atom stereocenters. The molecule has 0 unspecified atom stereocenters. The zero-order valence-corrected chi connectivity index (χ0v) is 18.7. The molecule has 0 aliphatic carbocycles. The standard InChI is InChI=1S/C21H25BrN2O3S/c1-4-24(5-2)28(26,27)19-13-10-17(11-14-19)12-15-21(25)23(3)16-18-8-6-7-9-20(18)22/h6-15H,4-5,16H2,1-3H3/b15-12+. The average molecular weight is 465 g/mol. The van der Waals surface area contributed by atoms with Crippen molar-refractivity contribution in [3.05, 3.63) is 70.2 Å². The van der Waals surface area contributed by atoms with E-state index in [2.05, 4.69) is 15.9 Å². The molecule has 0 aliphatic rings. The van der Waals surface area contributed by atoms with E-state index in [1.54, 1.807) is 42.3 Å². The van der Waals surface area contributed by atoms with Gasteiger partial charge in [-0.1, -0.05) is 60.1 Å². The van der Waals surface area contributed by atoms with Gasteiger partial charge < -0.3 is 4.90 Å². The van der Waals surface area contributed by atoms with E-state index in [-0.39, 0.29) is 10.8 Å². The van der Waals surface area contributed by atoms with Crippen molar-refractivity contribution in [1.29, 1.82) is 0 Å². The van der Waals surface area contributed by atoms with Gasteiger partial charge in [0.15, 0.2) is 0 Å². The largest absolute Gasteiger partial charge is 0.338 e. The highest BCUT2D eigenvalue weighted by Gasteiger charge is 2.20. The molecule has 0 saturated carbocycles. The topological polar surface area (TPSA) is 57.7 Å². The van der Waals surface area contributed by atoms with Gasteiger partial charge in [-0.15, -0.1) is 0 Å². The fraction of sp³-hybridized carbons (Fsp3) is 0.286. The summed E-state index contributed by atoms with van der Waals surface area (Å²) in [5.41, 5.74) is 1.79. The van der Waals surface area contributed by atoms with E-state index in [9.17, 15) is 13.2 Å². The Labute approximate surface area is 175 Å². The van der Waals surface area contributed by atoms with Crippen LogP contribution in [-0.4, -0.2) is 43.7 Å². The Balaban J connectivity index is 2.06. The lowest BCUT2D eigenvalue weighted by Crippen LogP contribution is -2.30. The second-order valence-electron chi connectivity index (χ2n) is 6.28. The average Bonchev–Trinajstić information content (AvgIpc) is 2.68. The van der Waals surface area contributed by atoms with Gasteiger partial charge in [-0.05, 0) is 35.4 Å². The predicted octanol–water partition coefficient (Wildman–Crippen LogP) is 4.15. The van der Waals surface area contributed by atoms with Crippen molar-refractivity contribution in [2.45, 2.75) is 25.3 Å². The molecule has 0 heterocycles. The summed E-state index contributed by atoms with van der Waals surface area (Å²) < 4.78 is 27.4. The second-order valence-corrected chi connectivity index (χ2v) is 9.07. The monoisotopic (exact) mass is 464 g/mol. The van der Waals surface area contributed by atoms with Crippen LogP contribution in [0.15, 0.2) is 64.0 Å². The third kappa shape index (κ3) is 5.53. The SMILES string of the molecule is CCN(CC)S(=O)(=O)c1ccc(/C=C/C(=O)N(C)Cc2ccccc2Br)cc1. The number of rotatable bonds is 8. The van der Waals surface area contributed by atoms with Crippen LogP contribution < -0.4 is 0 Å². The molecule has 0 saturated heterocycles. The predicted molar refractivity (Wildman–Crippen MR) is 116 cm³/mol. The molecule has 1 amide bonds. The van der Waals surface area contributed by atoms with E-state index < -0.39 is 10.0 Å². The first-order chi connectivity index (χ1) is 13.3. The fourth-order valence-corrected chi connectivity index (χ4v) is 4.59. The number of hydrogen-bond donors (Lipinski definition) is 0. The van der Waals surface area contributed by atoms with Gasteiger partial charge >= 0.3 is 0 Å². The van der Waals surface area contributed by atoms with Crippen LogP contribution in [-0.2, 0) is 21.4 Å². The van der Waals surface area contributed by atoms with Crippen molar-refractivity contribution in [3.8, 4) is 0 Å². The molecule has 0 N–H and O–H groups in total. The second kappa shape index (κ2) is 10.0. The van der Waals surface area contributed by atoms with Crippen LogP contribution >= 0.6 is 15.9 Å². The van der Waals surface area contributed by atoms with Gasteiger partial charge in [-0.3, -0.25) is 4.79 Å². The van der Waals surface area contributed by atoms with Crippen molar-refractivity contribution < 1.29 is 13.2 Å². The normalized spacial score (nSPS) is 11.9. The van der Waals surface area contributed by atoms with Gasteiger partial charge in [0.2, 0.25) is 15.9 Å². The van der Waals surface area contributed by atoms with Crippen LogP contribution in [0.4, 0.5) is 0 Å². The number of carbonyl (C=O) groups is 1. The number of halogens is 1. The summed E-state index contributed by atoms with van der Waals surface area (Å²) in [6, 6.07) is 14.3. The Hall–Kier alpha value is -1.96. The minimum absolute atomic E-state index is 0.129. The lowest BCUT2D eigenvalue weighted by molar-refractivity contribution is -0.125. The zero-order chi connectivity index (χ0) is 20.7. The maximum absolute atomic E-state index is 12.5. The van der Waals surface area contributed by atoms with Gasteiger partial charge in [0.1, 0.15) is 0 Å². The summed E-state index contributed by atoms with van der Waals surface area (Å²) in [6.45, 7) is 4.98. The van der Waals surface area contributed by atoms with Crippen LogP contribution in [0, 0.1) is 0 Å². The van der Waals surface area contributed by atoms with Crippen LogP contribution in [0.2, 0.25) is 0 Å². The van der Waals surface area contributed by atoms with E-state index >= 15 is 0 Å². The number of hydrogen-bond acceptors (Lipinski definition) is 3. The molecule has 28 heavy (non-hydrogen) atoms. The van der Waals surface area contributed by atoms with E-state index in [1.807, 2.05) is 38.1 Å². The van der Waals surface area contributed by atoms with Crippen molar-refractivity contribution in [2.24, 2.45) is 0 Å². The Bertz CT molecular complexity index is 936. The Morgan fingerprint density at radius 3 is 2.21 bits per heavy atom. The molecule has 0 bridgehead atoms. The van der Waals surface area contributed by atoms with E-state index in [4.69, 9.17) is 0 Å². The smallest absolute Gasteiger partial charge is 0.246 e. The lowest BCUT2D eigenvalue weighted by Gasteiger charge is -2.18. The molecule has 2 aromatic rings. The first kappa shape index (κ1) is 22.3. The van der Waals surface area contributed by atoms with E-state index in [1.165, 1.54) is 10.4 Å². The molecule has 0 aromatic heterocycles. The van der Waals surface area contributed by atoms with Crippen LogP contribution in [0.25, 0.3) is 6.08 Å². The lowest BCUT2D eigenvalue weighted by atomic mass is 10.2. The Kier molecular flexibility index (Phi) is 7.98. The number of amides is 1. The van der Waals surface area contributed by atoms with E-state index in [0.29, 0.717) is 19.6 Å². The number of benzene rings is 2. The summed E-state index contributed by atoms with van der Waals surface area (Å²) in [5.74, 6) is -0.129. The molecule has 150 valence electrons. The summed E-state index contributed by atoms with van der Waals surface area (Å²) >= 11 is 3.48. The van der Waals surface area contributed by atoms with Crippen molar-refractivity contribution >= 4 is 37.9 Å². The van der Waals surface area contributed by atoms with Gasteiger partial charge in [0, 0.05) is 37.2 Å². The van der Waals surface area contributed by atoms with Gasteiger partial charge in [-0.2, -0.15) is 4.31 Å². The minimum atomic E-state index is -3.47. The third-order valence-corrected chi connectivity index (χ3v) is 7.22. The number of carbonyl (C=O) groups excluding carboxylic acids is 1. The molecular formula is C21H25BrN2O3S. The summed E-state index contributed by atoms with van der Waals surface area (Å²) in [5, 5.41) is 0. The summed E-state index contributed by atoms with van der Waals surface area (Å²) in [6.07, 6.45) is 3.18. The molecule has 0 aliphatic heterocycles. The number of nitrogens with zero attached hydrogens (tertiary/aromatic N) is 2. The maximum Gasteiger partial charge on any atom is 0.246 e. The van der Waals surface area contributed by atoms with Gasteiger partial charge in [0.25, 0.3) is 0 Å². The van der Waals surface area contributed by atoms with Gasteiger partial charge in [-0.25, -0.2) is 8.42 Å². The minimum Gasteiger partial charge on any atom is -0.338 e. The quantitative estimate of drug-likeness (QED) is 0.551. The van der Waals surface area contributed by atoms with Crippen LogP contribution in [0.3, 0.4) is 0 Å². The van der Waals surface area contributed by atoms with Gasteiger partial charge in [0.05, 0.1) is 4.90 Å². The van der Waals surface area contributed by atoms with Crippen LogP contribution in [0.1, 0.15) is 25.0 Å². The van der Waals surface area contributed by atoms with Crippen molar-refractivity contribution in [3.63, 3.8) is 0 Å². The van der Waals surface area contributed by atoms with E-state index in [0.717, 1.165) is 15.6 Å². The number of sulfonamides is 1. The molecule has 2 aromatic carbocycles. The molecule has 2 rings (SSSR count). The molecule has 0 spiro atoms. The highest BCUT2D eigenvalue weighted by Crippen LogP contribution is 2.18. The summed E-state index contributed by atoms with van der Waals surface area (Å²) in [7, 11) is -1.73. The zero-order valence-electron chi connectivity index (χ0n) is 16.3. The highest BCUT2D eigenvalue weighted by atomic mass is 79.9. The van der Waals surface area contributed by atoms with Crippen LogP contribution in [0.5, 0.6) is 0 Å². The molecule has 5 nitrogen and oxygen atoms in total. The number of likely N-dealkylation sites (N-methyl/N-ethyl adjacent to an activating group) is 1. The summed E-state index contributed by atoms with van der Waals surface area (Å²) in [4.78, 5) is 14.2. The first-order valence-electron chi connectivity index (χ1n) is 9.06. The first-order valence-corrected chi connectivity index (χ1v) is 11.3. The van der Waals surface area contributed by atoms with Crippen molar-refractivity contribution in [1.82, 2.24) is 9.21 Å². The fourth-order valence-electron chi connectivity index (χ4n) is 2.72. The Morgan fingerprint density at radius 1 is 1.04 bits per heavy atom. The highest BCUT2D eigenvalue weighted by molar-refractivity contribution is 9.10. The Morgan fingerprint density at radius 2 is 1.64 bits per heavy atom.